The Morgan fingerprint density at radius 3 is 2.71 bits per heavy atom. The first kappa shape index (κ1) is 11.2. The largest absolute Gasteiger partial charge is 0.390 e. The van der Waals surface area contributed by atoms with E-state index in [0.29, 0.717) is 12.5 Å². The second kappa shape index (κ2) is 5.79. The molecule has 1 heterocycles. The summed E-state index contributed by atoms with van der Waals surface area (Å²) in [5, 5.41) is 12.1. The van der Waals surface area contributed by atoms with Gasteiger partial charge in [-0.05, 0) is 6.26 Å². The maximum Gasteiger partial charge on any atom is 0.222 e. The number of aliphatic hydroxyl groups excluding tert-OH is 1. The molecule has 0 saturated carbocycles. The van der Waals surface area contributed by atoms with E-state index >= 15 is 0 Å². The van der Waals surface area contributed by atoms with E-state index in [1.807, 2.05) is 6.26 Å². The first-order valence-electron chi connectivity index (χ1n) is 4.24. The van der Waals surface area contributed by atoms with Gasteiger partial charge in [0, 0.05) is 30.4 Å². The zero-order valence-corrected chi connectivity index (χ0v) is 8.79. The molecule has 1 aromatic heterocycles. The zero-order chi connectivity index (χ0) is 10.4. The van der Waals surface area contributed by atoms with Gasteiger partial charge in [-0.1, -0.05) is 0 Å². The number of aromatic nitrogens is 2. The lowest BCUT2D eigenvalue weighted by Crippen LogP contribution is -2.28. The SMILES string of the molecule is CSc1cnc(NC[C@@H](O)CN)nc1. The molecular formula is C8H14N4OS. The van der Waals surface area contributed by atoms with E-state index in [1.54, 1.807) is 24.2 Å². The molecule has 1 atom stereocenters. The van der Waals surface area contributed by atoms with Gasteiger partial charge in [0.1, 0.15) is 0 Å². The Hall–Kier alpha value is -0.850. The lowest BCUT2D eigenvalue weighted by molar-refractivity contribution is 0.196. The number of thioether (sulfide) groups is 1. The van der Waals surface area contributed by atoms with E-state index < -0.39 is 6.10 Å². The van der Waals surface area contributed by atoms with Crippen LogP contribution < -0.4 is 11.1 Å². The normalized spacial score (nSPS) is 12.5. The van der Waals surface area contributed by atoms with Crippen LogP contribution in [0.15, 0.2) is 17.3 Å². The Balaban J connectivity index is 2.43. The second-order valence-electron chi connectivity index (χ2n) is 2.72. The number of hydrogen-bond acceptors (Lipinski definition) is 6. The minimum absolute atomic E-state index is 0.232. The third-order valence-corrected chi connectivity index (χ3v) is 2.31. The molecule has 0 saturated heterocycles. The molecule has 78 valence electrons. The summed E-state index contributed by atoms with van der Waals surface area (Å²) in [5.41, 5.74) is 5.25. The highest BCUT2D eigenvalue weighted by atomic mass is 32.2. The van der Waals surface area contributed by atoms with Gasteiger partial charge in [-0.2, -0.15) is 0 Å². The summed E-state index contributed by atoms with van der Waals surface area (Å²) < 4.78 is 0. The third-order valence-electron chi connectivity index (χ3n) is 1.63. The average molecular weight is 214 g/mol. The maximum absolute atomic E-state index is 9.17. The highest BCUT2D eigenvalue weighted by molar-refractivity contribution is 7.98. The Bertz CT molecular complexity index is 267. The lowest BCUT2D eigenvalue weighted by atomic mass is 10.3. The fourth-order valence-corrected chi connectivity index (χ4v) is 1.12. The Labute approximate surface area is 87.1 Å². The minimum Gasteiger partial charge on any atom is -0.390 e. The van der Waals surface area contributed by atoms with E-state index in [-0.39, 0.29) is 6.54 Å². The van der Waals surface area contributed by atoms with E-state index in [4.69, 9.17) is 5.73 Å². The fourth-order valence-electron chi connectivity index (χ4n) is 0.805. The summed E-state index contributed by atoms with van der Waals surface area (Å²) in [6, 6.07) is 0. The van der Waals surface area contributed by atoms with Crippen molar-refractivity contribution in [2.45, 2.75) is 11.0 Å². The van der Waals surface area contributed by atoms with Gasteiger partial charge in [0.2, 0.25) is 5.95 Å². The van der Waals surface area contributed by atoms with Gasteiger partial charge in [0.05, 0.1) is 6.10 Å². The van der Waals surface area contributed by atoms with Crippen LogP contribution in [-0.2, 0) is 0 Å². The van der Waals surface area contributed by atoms with Crippen LogP contribution in [-0.4, -0.2) is 40.5 Å². The van der Waals surface area contributed by atoms with Crippen molar-refractivity contribution in [3.63, 3.8) is 0 Å². The number of anilines is 1. The van der Waals surface area contributed by atoms with Crippen molar-refractivity contribution in [1.82, 2.24) is 9.97 Å². The van der Waals surface area contributed by atoms with Crippen molar-refractivity contribution < 1.29 is 5.11 Å². The molecule has 4 N–H and O–H groups in total. The van der Waals surface area contributed by atoms with E-state index in [0.717, 1.165) is 4.90 Å². The van der Waals surface area contributed by atoms with Gasteiger partial charge in [-0.25, -0.2) is 9.97 Å². The molecule has 0 fully saturated rings. The first-order valence-corrected chi connectivity index (χ1v) is 5.46. The Morgan fingerprint density at radius 1 is 1.57 bits per heavy atom. The summed E-state index contributed by atoms with van der Waals surface area (Å²) in [6.45, 7) is 0.602. The van der Waals surface area contributed by atoms with Crippen LogP contribution in [0, 0.1) is 0 Å². The summed E-state index contributed by atoms with van der Waals surface area (Å²) in [6.07, 6.45) is 4.87. The Kier molecular flexibility index (Phi) is 4.64. The number of nitrogens with one attached hydrogen (secondary N) is 1. The van der Waals surface area contributed by atoms with Gasteiger partial charge in [-0.15, -0.1) is 11.8 Å². The van der Waals surface area contributed by atoms with Crippen LogP contribution in [0.4, 0.5) is 5.95 Å². The zero-order valence-electron chi connectivity index (χ0n) is 7.97. The van der Waals surface area contributed by atoms with Gasteiger partial charge in [0.15, 0.2) is 0 Å². The van der Waals surface area contributed by atoms with Gasteiger partial charge >= 0.3 is 0 Å². The second-order valence-corrected chi connectivity index (χ2v) is 3.60. The van der Waals surface area contributed by atoms with Gasteiger partial charge in [0.25, 0.3) is 0 Å². The van der Waals surface area contributed by atoms with Crippen LogP contribution >= 0.6 is 11.8 Å². The number of rotatable bonds is 5. The molecule has 0 aromatic carbocycles. The number of hydrogen-bond donors (Lipinski definition) is 3. The standard InChI is InChI=1S/C8H14N4OS/c1-14-7-4-11-8(12-5-7)10-3-6(13)2-9/h4-6,13H,2-3,9H2,1H3,(H,10,11,12)/t6-/m0/s1. The third kappa shape index (κ3) is 3.49. The summed E-state index contributed by atoms with van der Waals surface area (Å²) in [4.78, 5) is 9.13. The number of nitrogens with zero attached hydrogens (tertiary/aromatic N) is 2. The van der Waals surface area contributed by atoms with Crippen molar-refractivity contribution in [2.24, 2.45) is 5.73 Å². The van der Waals surface area contributed by atoms with Crippen molar-refractivity contribution in [3.05, 3.63) is 12.4 Å². The molecule has 0 bridgehead atoms. The van der Waals surface area contributed by atoms with Crippen LogP contribution in [0.3, 0.4) is 0 Å². The van der Waals surface area contributed by atoms with Crippen molar-refractivity contribution in [1.29, 1.82) is 0 Å². The van der Waals surface area contributed by atoms with Crippen LogP contribution in [0.25, 0.3) is 0 Å². The van der Waals surface area contributed by atoms with Crippen LogP contribution in [0.1, 0.15) is 0 Å². The first-order chi connectivity index (χ1) is 6.76. The molecule has 0 amide bonds. The quantitative estimate of drug-likeness (QED) is 0.595. The van der Waals surface area contributed by atoms with Crippen molar-refractivity contribution >= 4 is 17.7 Å². The maximum atomic E-state index is 9.17. The van der Waals surface area contributed by atoms with E-state index in [1.165, 1.54) is 0 Å². The molecule has 14 heavy (non-hydrogen) atoms. The summed E-state index contributed by atoms with van der Waals surface area (Å²) in [5.74, 6) is 0.510. The highest BCUT2D eigenvalue weighted by Gasteiger charge is 2.01. The molecule has 5 nitrogen and oxygen atoms in total. The summed E-state index contributed by atoms with van der Waals surface area (Å²) in [7, 11) is 0. The lowest BCUT2D eigenvalue weighted by Gasteiger charge is -2.08. The monoisotopic (exact) mass is 214 g/mol. The molecule has 1 rings (SSSR count). The molecule has 0 aliphatic heterocycles. The molecule has 0 aliphatic rings. The molecule has 0 spiro atoms. The summed E-state index contributed by atoms with van der Waals surface area (Å²) >= 11 is 1.58. The number of aliphatic hydroxyl groups is 1. The topological polar surface area (TPSA) is 84.1 Å². The smallest absolute Gasteiger partial charge is 0.222 e. The van der Waals surface area contributed by atoms with Crippen molar-refractivity contribution in [3.8, 4) is 0 Å². The molecule has 1 aromatic rings. The average Bonchev–Trinajstić information content (AvgIpc) is 2.26. The molecular weight excluding hydrogens is 200 g/mol. The molecule has 0 radical (unpaired) electrons. The fraction of sp³-hybridized carbons (Fsp3) is 0.500. The predicted octanol–water partition coefficient (Wildman–Crippen LogP) is -0.0700. The van der Waals surface area contributed by atoms with Crippen molar-refractivity contribution in [2.75, 3.05) is 24.7 Å². The Morgan fingerprint density at radius 2 is 2.21 bits per heavy atom. The van der Waals surface area contributed by atoms with Crippen LogP contribution in [0.5, 0.6) is 0 Å². The molecule has 0 unspecified atom stereocenters. The van der Waals surface area contributed by atoms with Gasteiger partial charge in [-0.3, -0.25) is 0 Å². The minimum atomic E-state index is -0.557. The molecule has 6 heteroatoms. The van der Waals surface area contributed by atoms with E-state index in [9.17, 15) is 5.11 Å². The predicted molar refractivity (Wildman–Crippen MR) is 57.4 cm³/mol. The number of nitrogens with two attached hydrogens (primary N) is 1. The van der Waals surface area contributed by atoms with Gasteiger partial charge < -0.3 is 16.2 Å². The van der Waals surface area contributed by atoms with E-state index in [2.05, 4.69) is 15.3 Å². The van der Waals surface area contributed by atoms with Crippen LogP contribution in [0.2, 0.25) is 0 Å². The molecule has 0 aliphatic carbocycles. The highest BCUT2D eigenvalue weighted by Crippen LogP contribution is 2.11.